The summed E-state index contributed by atoms with van der Waals surface area (Å²) in [6, 6.07) is 8.37. The summed E-state index contributed by atoms with van der Waals surface area (Å²) in [5, 5.41) is 9.94. The van der Waals surface area contributed by atoms with Crippen LogP contribution < -0.4 is 21.4 Å². The van der Waals surface area contributed by atoms with Crippen LogP contribution in [0.4, 0.5) is 9.59 Å². The number of nitrogens with one attached hydrogen (secondary N) is 4. The zero-order chi connectivity index (χ0) is 35.0. The lowest BCUT2D eigenvalue weighted by molar-refractivity contribution is -0.178. The number of amides is 4. The molecule has 0 aromatic heterocycles. The van der Waals surface area contributed by atoms with Crippen molar-refractivity contribution < 1.29 is 38.2 Å². The maximum atomic E-state index is 14.2. The number of nitrogens with zero attached hydrogens (tertiary/aromatic N) is 1. The van der Waals surface area contributed by atoms with Crippen molar-refractivity contribution in [2.24, 2.45) is 17.8 Å². The van der Waals surface area contributed by atoms with Gasteiger partial charge in [0, 0.05) is 31.5 Å². The van der Waals surface area contributed by atoms with Crippen LogP contribution >= 0.6 is 0 Å². The standard InChI is InChI=1S/C34H55N5O8/c1-8-28(40)47-34(24(4)5,37-33(44)46-7)31(42)35-27(20-19-25-15-11-9-12-16-25)22-39(21-26-17-13-10-14-18-26)38-30(41)29(23(2)3)36-32(43)45-6/h9,11-12,15-16,23-24,26-27,29H,8,10,13-14,17-22H2,1-7H3,(H,35,42)(H,36,43)(H,37,44)(H,38,41)/t27-,29-,34+/m0/s1. The number of rotatable bonds is 17. The Balaban J connectivity index is 2.46. The SMILES string of the molecule is CCC(=O)O[C@@](NC(=O)OC)(C(=O)N[C@@H](CCc1ccccc1)CN(CC1CCCCC1)NC(=O)[C@@H](NC(=O)OC)C(C)C)C(C)C. The average Bonchev–Trinajstić information content (AvgIpc) is 3.05. The second-order valence-corrected chi connectivity index (χ2v) is 12.8. The van der Waals surface area contributed by atoms with Crippen LogP contribution in [0, 0.1) is 17.8 Å². The summed E-state index contributed by atoms with van der Waals surface area (Å²) in [6.07, 6.45) is 4.78. The zero-order valence-corrected chi connectivity index (χ0v) is 29.1. The lowest BCUT2D eigenvalue weighted by atomic mass is 9.89. The molecular weight excluding hydrogens is 606 g/mol. The summed E-state index contributed by atoms with van der Waals surface area (Å²) in [7, 11) is 2.40. The first kappa shape index (κ1) is 39.3. The Bertz CT molecular complexity index is 1140. The van der Waals surface area contributed by atoms with E-state index in [-0.39, 0.29) is 18.9 Å². The molecule has 0 heterocycles. The number of aryl methyl sites for hydroxylation is 1. The Kier molecular flexibility index (Phi) is 16.5. The molecular formula is C34H55N5O8. The highest BCUT2D eigenvalue weighted by Gasteiger charge is 2.48. The number of alkyl carbamates (subject to hydrolysis) is 2. The summed E-state index contributed by atoms with van der Waals surface area (Å²) in [4.78, 5) is 64.8. The van der Waals surface area contributed by atoms with E-state index in [1.807, 2.05) is 49.2 Å². The van der Waals surface area contributed by atoms with Crippen molar-refractivity contribution in [3.63, 3.8) is 0 Å². The third-order valence-corrected chi connectivity index (χ3v) is 8.47. The van der Waals surface area contributed by atoms with Crippen LogP contribution in [0.1, 0.15) is 85.1 Å². The van der Waals surface area contributed by atoms with Gasteiger partial charge in [-0.05, 0) is 43.1 Å². The molecule has 0 saturated heterocycles. The molecule has 0 aliphatic heterocycles. The van der Waals surface area contributed by atoms with Gasteiger partial charge >= 0.3 is 18.2 Å². The van der Waals surface area contributed by atoms with Gasteiger partial charge in [0.25, 0.3) is 17.5 Å². The fraction of sp³-hybridized carbons (Fsp3) is 0.676. The molecule has 264 valence electrons. The monoisotopic (exact) mass is 661 g/mol. The molecule has 2 rings (SSSR count). The molecule has 4 N–H and O–H groups in total. The predicted octanol–water partition coefficient (Wildman–Crippen LogP) is 4.06. The van der Waals surface area contributed by atoms with Gasteiger partial charge in [0.15, 0.2) is 0 Å². The highest BCUT2D eigenvalue weighted by atomic mass is 16.6. The van der Waals surface area contributed by atoms with Gasteiger partial charge in [-0.2, -0.15) is 0 Å². The average molecular weight is 662 g/mol. The van der Waals surface area contributed by atoms with Gasteiger partial charge in [-0.15, -0.1) is 0 Å². The molecule has 4 amide bonds. The van der Waals surface area contributed by atoms with Crippen LogP contribution in [0.5, 0.6) is 0 Å². The number of hydrogen-bond acceptors (Lipinski definition) is 9. The summed E-state index contributed by atoms with van der Waals surface area (Å²) in [6.45, 7) is 9.31. The van der Waals surface area contributed by atoms with E-state index in [2.05, 4.69) is 21.4 Å². The normalized spacial score (nSPS) is 16.0. The topological polar surface area (TPSA) is 164 Å². The van der Waals surface area contributed by atoms with Crippen molar-refractivity contribution in [1.82, 2.24) is 26.4 Å². The maximum absolute atomic E-state index is 14.2. The minimum Gasteiger partial charge on any atom is -0.453 e. The van der Waals surface area contributed by atoms with Crippen molar-refractivity contribution in [3.8, 4) is 0 Å². The second kappa shape index (κ2) is 19.7. The van der Waals surface area contributed by atoms with E-state index in [1.165, 1.54) is 7.11 Å². The molecule has 1 aliphatic rings. The number of hydrazine groups is 1. The Labute approximate surface area is 279 Å². The van der Waals surface area contributed by atoms with Gasteiger partial charge in [-0.3, -0.25) is 25.1 Å². The lowest BCUT2D eigenvalue weighted by Crippen LogP contribution is -2.66. The van der Waals surface area contributed by atoms with Crippen LogP contribution in [-0.4, -0.2) is 80.1 Å². The van der Waals surface area contributed by atoms with Crippen LogP contribution in [0.2, 0.25) is 0 Å². The molecule has 0 radical (unpaired) electrons. The predicted molar refractivity (Wildman–Crippen MR) is 177 cm³/mol. The Morgan fingerprint density at radius 2 is 1.55 bits per heavy atom. The molecule has 1 saturated carbocycles. The third-order valence-electron chi connectivity index (χ3n) is 8.47. The van der Waals surface area contributed by atoms with Crippen molar-refractivity contribution in [2.45, 2.75) is 104 Å². The Hall–Kier alpha value is -3.87. The van der Waals surface area contributed by atoms with Crippen molar-refractivity contribution in [1.29, 1.82) is 0 Å². The fourth-order valence-electron chi connectivity index (χ4n) is 5.65. The molecule has 0 unspecified atom stereocenters. The number of benzene rings is 1. The molecule has 0 spiro atoms. The Morgan fingerprint density at radius 1 is 0.915 bits per heavy atom. The van der Waals surface area contributed by atoms with E-state index in [4.69, 9.17) is 14.2 Å². The molecule has 0 bridgehead atoms. The minimum atomic E-state index is -2.05. The van der Waals surface area contributed by atoms with Gasteiger partial charge in [0.1, 0.15) is 6.04 Å². The van der Waals surface area contributed by atoms with Crippen molar-refractivity contribution in [3.05, 3.63) is 35.9 Å². The van der Waals surface area contributed by atoms with Crippen LogP contribution in [0.15, 0.2) is 30.3 Å². The van der Waals surface area contributed by atoms with Crippen LogP contribution in [-0.2, 0) is 35.0 Å². The molecule has 1 aliphatic carbocycles. The van der Waals surface area contributed by atoms with E-state index in [0.717, 1.165) is 44.8 Å². The molecule has 13 heteroatoms. The van der Waals surface area contributed by atoms with E-state index in [1.54, 1.807) is 20.8 Å². The number of carbonyl (C=O) groups excluding carboxylic acids is 5. The Morgan fingerprint density at radius 3 is 2.11 bits per heavy atom. The first-order chi connectivity index (χ1) is 22.3. The number of ether oxygens (including phenoxy) is 3. The lowest BCUT2D eigenvalue weighted by Gasteiger charge is -2.38. The van der Waals surface area contributed by atoms with Crippen molar-refractivity contribution >= 4 is 30.0 Å². The molecule has 1 aromatic carbocycles. The van der Waals surface area contributed by atoms with Gasteiger partial charge in [0.2, 0.25) is 0 Å². The van der Waals surface area contributed by atoms with E-state index in [0.29, 0.717) is 25.3 Å². The smallest absolute Gasteiger partial charge is 0.410 e. The van der Waals surface area contributed by atoms with Gasteiger partial charge in [-0.1, -0.05) is 84.2 Å². The van der Waals surface area contributed by atoms with E-state index in [9.17, 15) is 24.0 Å². The summed E-state index contributed by atoms with van der Waals surface area (Å²) in [5.41, 5.74) is 2.03. The van der Waals surface area contributed by atoms with Gasteiger partial charge in [0.05, 0.1) is 14.2 Å². The number of hydrogen-bond donors (Lipinski definition) is 4. The zero-order valence-electron chi connectivity index (χ0n) is 29.1. The molecule has 3 atom stereocenters. The van der Waals surface area contributed by atoms with Gasteiger partial charge in [-0.25, -0.2) is 14.6 Å². The minimum absolute atomic E-state index is 0.0140. The number of esters is 1. The van der Waals surface area contributed by atoms with Crippen molar-refractivity contribution in [2.75, 3.05) is 27.3 Å². The second-order valence-electron chi connectivity index (χ2n) is 12.8. The highest BCUT2D eigenvalue weighted by Crippen LogP contribution is 2.25. The summed E-state index contributed by atoms with van der Waals surface area (Å²) >= 11 is 0. The maximum Gasteiger partial charge on any atom is 0.410 e. The van der Waals surface area contributed by atoms with E-state index >= 15 is 0 Å². The third kappa shape index (κ3) is 12.7. The molecule has 13 nitrogen and oxygen atoms in total. The number of methoxy groups -OCH3 is 2. The summed E-state index contributed by atoms with van der Waals surface area (Å²) < 4.78 is 15.2. The summed E-state index contributed by atoms with van der Waals surface area (Å²) in [5.74, 6) is -2.37. The first-order valence-corrected chi connectivity index (χ1v) is 16.7. The van der Waals surface area contributed by atoms with Gasteiger partial charge < -0.3 is 24.8 Å². The molecule has 1 aromatic rings. The number of carbonyl (C=O) groups is 5. The molecule has 47 heavy (non-hydrogen) atoms. The fourth-order valence-corrected chi connectivity index (χ4v) is 5.65. The van der Waals surface area contributed by atoms with Crippen LogP contribution in [0.3, 0.4) is 0 Å². The van der Waals surface area contributed by atoms with Crippen LogP contribution in [0.25, 0.3) is 0 Å². The molecule has 1 fully saturated rings. The quantitative estimate of drug-likeness (QED) is 0.0834. The van der Waals surface area contributed by atoms with E-state index < -0.39 is 53.7 Å². The largest absolute Gasteiger partial charge is 0.453 e. The highest BCUT2D eigenvalue weighted by molar-refractivity contribution is 5.91. The first-order valence-electron chi connectivity index (χ1n) is 16.7.